The second-order valence-electron chi connectivity index (χ2n) is 8.45. The number of nitrogens with one attached hydrogen (secondary N) is 2. The first kappa shape index (κ1) is 23.7. The molecule has 0 atom stereocenters. The van der Waals surface area contributed by atoms with Crippen molar-refractivity contribution in [1.29, 1.82) is 0 Å². The van der Waals surface area contributed by atoms with Crippen LogP contribution in [0.2, 0.25) is 0 Å². The number of urea groups is 1. The zero-order chi connectivity index (χ0) is 19.7. The van der Waals surface area contributed by atoms with Crippen molar-refractivity contribution in [2.45, 2.75) is 58.3 Å². The Morgan fingerprint density at radius 1 is 1.07 bits per heavy atom. The number of carbonyl (C=O) groups is 1. The van der Waals surface area contributed by atoms with Crippen molar-refractivity contribution >= 4 is 73.1 Å². The first-order valence-corrected chi connectivity index (χ1v) is 12.3. The van der Waals surface area contributed by atoms with E-state index in [1.807, 2.05) is 0 Å². The maximum Gasteiger partial charge on any atom is 0.332 e. The predicted octanol–water partition coefficient (Wildman–Crippen LogP) is 2.47. The van der Waals surface area contributed by atoms with E-state index >= 15 is 0 Å². The molecule has 1 radical (unpaired) electrons. The maximum atomic E-state index is 12.6. The summed E-state index contributed by atoms with van der Waals surface area (Å²) in [4.78, 5) is 14.9. The van der Waals surface area contributed by atoms with Crippen LogP contribution in [0.5, 0.6) is 0 Å². The molecule has 2 amide bonds. The van der Waals surface area contributed by atoms with E-state index in [0.717, 1.165) is 76.7 Å². The van der Waals surface area contributed by atoms with Crippen molar-refractivity contribution in [1.82, 2.24) is 9.62 Å². The monoisotopic (exact) mass is 444 g/mol. The van der Waals surface area contributed by atoms with Gasteiger partial charge in [-0.1, -0.05) is 13.0 Å². The summed E-state index contributed by atoms with van der Waals surface area (Å²) in [6, 6.07) is 1.69. The molecule has 1 aliphatic heterocycles. The molecular formula is C21H31KN3O3S. The largest absolute Gasteiger partial charge is 0.332 e. The molecule has 0 aromatic heterocycles. The number of piperidine rings is 1. The molecule has 0 saturated carbocycles. The Balaban J connectivity index is 0.00000240. The van der Waals surface area contributed by atoms with Gasteiger partial charge in [-0.05, 0) is 99.2 Å². The van der Waals surface area contributed by atoms with E-state index in [9.17, 15) is 13.2 Å². The molecule has 155 valence electrons. The minimum atomic E-state index is -3.63. The number of hydrogen-bond donors (Lipinski definition) is 2. The number of hydrogen-bond acceptors (Lipinski definition) is 4. The van der Waals surface area contributed by atoms with Gasteiger partial charge in [0.2, 0.25) is 10.0 Å². The average Bonchev–Trinajstić information content (AvgIpc) is 3.30. The number of likely N-dealkylation sites (tertiary alicyclic amines) is 1. The SMILES string of the molecule is CCN1CCC(CS(=O)(=O)NC(=O)Nc2c3c(cc4c2CCC4)CCC3)CC1.[K]. The molecule has 1 aromatic rings. The number of carbonyl (C=O) groups excluding carboxylic acids is 1. The quantitative estimate of drug-likeness (QED) is 0.684. The van der Waals surface area contributed by atoms with E-state index in [0.29, 0.717) is 0 Å². The predicted molar refractivity (Wildman–Crippen MR) is 117 cm³/mol. The van der Waals surface area contributed by atoms with Crippen LogP contribution in [-0.2, 0) is 35.7 Å². The van der Waals surface area contributed by atoms with Gasteiger partial charge in [-0.25, -0.2) is 17.9 Å². The normalized spacial score (nSPS) is 19.3. The molecular weight excluding hydrogens is 413 g/mol. The van der Waals surface area contributed by atoms with Gasteiger partial charge in [0.25, 0.3) is 0 Å². The standard InChI is InChI=1S/C21H31N3O3S.K/c1-2-24-11-9-15(10-12-24)14-28(26,27)23-21(25)22-20-18-7-3-5-16(18)13-17-6-4-8-19(17)20;/h13,15H,2-12,14H2,1H3,(H2,22,23,25);. The van der Waals surface area contributed by atoms with Crippen LogP contribution >= 0.6 is 0 Å². The van der Waals surface area contributed by atoms with Gasteiger partial charge < -0.3 is 10.2 Å². The third-order valence-electron chi connectivity index (χ3n) is 6.57. The van der Waals surface area contributed by atoms with E-state index in [-0.39, 0.29) is 63.1 Å². The minimum absolute atomic E-state index is 0. The summed E-state index contributed by atoms with van der Waals surface area (Å²) in [5.74, 6) is 0.154. The van der Waals surface area contributed by atoms with Crippen molar-refractivity contribution < 1.29 is 13.2 Å². The van der Waals surface area contributed by atoms with Crippen LogP contribution in [0.25, 0.3) is 0 Å². The van der Waals surface area contributed by atoms with Gasteiger partial charge in [0, 0.05) is 57.1 Å². The van der Waals surface area contributed by atoms with Gasteiger partial charge in [-0.2, -0.15) is 0 Å². The van der Waals surface area contributed by atoms with Gasteiger partial charge in [-0.15, -0.1) is 0 Å². The average molecular weight is 445 g/mol. The smallest absolute Gasteiger partial charge is 0.307 e. The Morgan fingerprint density at radius 3 is 2.21 bits per heavy atom. The number of anilines is 1. The van der Waals surface area contributed by atoms with Crippen molar-refractivity contribution in [3.63, 3.8) is 0 Å². The third kappa shape index (κ3) is 5.64. The summed E-state index contributed by atoms with van der Waals surface area (Å²) in [6.07, 6.45) is 7.96. The summed E-state index contributed by atoms with van der Waals surface area (Å²) in [7, 11) is -3.63. The van der Waals surface area contributed by atoms with Crippen molar-refractivity contribution in [2.24, 2.45) is 5.92 Å². The second kappa shape index (κ2) is 10.1. The number of sulfonamides is 1. The Labute approximate surface area is 217 Å². The molecule has 0 spiro atoms. The van der Waals surface area contributed by atoms with Crippen molar-refractivity contribution in [2.75, 3.05) is 30.7 Å². The number of rotatable bonds is 5. The van der Waals surface area contributed by atoms with Gasteiger partial charge in [0.05, 0.1) is 5.75 Å². The van der Waals surface area contributed by atoms with Crippen LogP contribution in [0, 0.1) is 5.92 Å². The molecule has 1 fully saturated rings. The summed E-state index contributed by atoms with van der Waals surface area (Å²) in [6.45, 7) is 5.00. The first-order valence-electron chi connectivity index (χ1n) is 10.7. The number of benzene rings is 1. The minimum Gasteiger partial charge on any atom is -0.307 e. The molecule has 8 heteroatoms. The Kier molecular flexibility index (Phi) is 8.26. The molecule has 6 nitrogen and oxygen atoms in total. The Bertz CT molecular complexity index is 832. The Morgan fingerprint density at radius 2 is 1.66 bits per heavy atom. The van der Waals surface area contributed by atoms with E-state index in [1.165, 1.54) is 22.3 Å². The van der Waals surface area contributed by atoms with Crippen LogP contribution in [0.1, 0.15) is 54.9 Å². The third-order valence-corrected chi connectivity index (χ3v) is 7.98. The maximum absolute atomic E-state index is 12.6. The van der Waals surface area contributed by atoms with Crippen LogP contribution < -0.4 is 10.0 Å². The van der Waals surface area contributed by atoms with Gasteiger partial charge in [0.15, 0.2) is 0 Å². The summed E-state index contributed by atoms with van der Waals surface area (Å²) in [5, 5.41) is 2.91. The fourth-order valence-corrected chi connectivity index (χ4v) is 6.44. The van der Waals surface area contributed by atoms with E-state index in [1.54, 1.807) is 0 Å². The van der Waals surface area contributed by atoms with Crippen LogP contribution in [0.15, 0.2) is 6.07 Å². The fraction of sp³-hybridized carbons (Fsp3) is 0.667. The van der Waals surface area contributed by atoms with Gasteiger partial charge in [-0.3, -0.25) is 0 Å². The topological polar surface area (TPSA) is 78.5 Å². The van der Waals surface area contributed by atoms with E-state index in [2.05, 4.69) is 27.9 Å². The molecule has 4 rings (SSSR count). The van der Waals surface area contributed by atoms with Crippen LogP contribution in [0.4, 0.5) is 10.5 Å². The Hall–Kier alpha value is 0.0364. The molecule has 3 aliphatic rings. The van der Waals surface area contributed by atoms with Crippen LogP contribution in [0.3, 0.4) is 0 Å². The molecule has 0 unspecified atom stereocenters. The molecule has 1 saturated heterocycles. The number of aryl methyl sites for hydroxylation is 2. The molecule has 29 heavy (non-hydrogen) atoms. The number of nitrogens with zero attached hydrogens (tertiary/aromatic N) is 1. The van der Waals surface area contributed by atoms with Crippen molar-refractivity contribution in [3.8, 4) is 0 Å². The molecule has 2 aliphatic carbocycles. The van der Waals surface area contributed by atoms with Crippen molar-refractivity contribution in [3.05, 3.63) is 28.3 Å². The van der Waals surface area contributed by atoms with Gasteiger partial charge in [0.1, 0.15) is 0 Å². The number of amides is 2. The molecule has 1 aromatic carbocycles. The zero-order valence-electron chi connectivity index (χ0n) is 17.7. The second-order valence-corrected chi connectivity index (χ2v) is 10.2. The summed E-state index contributed by atoms with van der Waals surface area (Å²) < 4.78 is 27.3. The van der Waals surface area contributed by atoms with E-state index < -0.39 is 16.1 Å². The fourth-order valence-electron chi connectivity index (χ4n) is 5.07. The van der Waals surface area contributed by atoms with Crippen LogP contribution in [-0.4, -0.2) is 96.1 Å². The zero-order valence-corrected chi connectivity index (χ0v) is 21.7. The molecule has 1 heterocycles. The number of fused-ring (bicyclic) bond motifs is 2. The van der Waals surface area contributed by atoms with Gasteiger partial charge >= 0.3 is 6.03 Å². The summed E-state index contributed by atoms with van der Waals surface area (Å²) >= 11 is 0. The summed E-state index contributed by atoms with van der Waals surface area (Å²) in [5.41, 5.74) is 5.94. The first-order chi connectivity index (χ1) is 13.4. The molecule has 2 N–H and O–H groups in total. The molecule has 0 bridgehead atoms. The van der Waals surface area contributed by atoms with E-state index in [4.69, 9.17) is 0 Å².